The topological polar surface area (TPSA) is 101 Å². The van der Waals surface area contributed by atoms with Crippen LogP contribution in [-0.2, 0) is 19.1 Å². The molecule has 8 atom stereocenters. The van der Waals surface area contributed by atoms with Crippen LogP contribution in [0.3, 0.4) is 0 Å². The van der Waals surface area contributed by atoms with Crippen LogP contribution in [0, 0.1) is 34.5 Å². The molecule has 0 aliphatic heterocycles. The molecule has 0 spiro atoms. The molecule has 0 saturated heterocycles. The molecule has 0 aromatic rings. The van der Waals surface area contributed by atoms with Crippen molar-refractivity contribution in [2.45, 2.75) is 65.1 Å². The fraction of sp³-hybridized carbons (Fsp3) is 0.708. The molecule has 6 nitrogen and oxygen atoms in total. The predicted octanol–water partition coefficient (Wildman–Crippen LogP) is 2.37. The molecule has 0 bridgehead atoms. The summed E-state index contributed by atoms with van der Waals surface area (Å²) in [6, 6.07) is 0. The quantitative estimate of drug-likeness (QED) is 0.685. The lowest BCUT2D eigenvalue weighted by Gasteiger charge is -2.60. The highest BCUT2D eigenvalue weighted by Crippen LogP contribution is 2.67. The SMILES string of the molecule is CC(=O)OCC(=O)[C@@]1(O)CC[C@H]2[C@@H]3C[C@H](C)C4=CC(=O)C=C[C@]4(C)[C@H]3C(O)C[C@@]21C. The Morgan fingerprint density at radius 3 is 2.67 bits per heavy atom. The van der Waals surface area contributed by atoms with Crippen LogP contribution in [0.4, 0.5) is 0 Å². The van der Waals surface area contributed by atoms with Crippen molar-refractivity contribution < 1.29 is 29.3 Å². The zero-order valence-electron chi connectivity index (χ0n) is 18.2. The van der Waals surface area contributed by atoms with Crippen molar-refractivity contribution in [3.63, 3.8) is 0 Å². The standard InChI is InChI=1S/C24H32O6/c1-13-9-16-17-6-8-24(29,20(28)12-30-14(2)25)23(17,4)11-19(27)21(16)22(3)7-5-15(26)10-18(13)22/h5,7,10,13,16-17,19,21,27,29H,6,8-9,11-12H2,1-4H3/t13-,16-,17-,19?,21+,22-,23-,24-/m0/s1. The smallest absolute Gasteiger partial charge is 0.303 e. The summed E-state index contributed by atoms with van der Waals surface area (Å²) in [5, 5.41) is 22.9. The number of Topliss-reactive ketones (excluding diaryl/α,β-unsaturated/α-hetero) is 1. The minimum Gasteiger partial charge on any atom is -0.458 e. The van der Waals surface area contributed by atoms with Crippen LogP contribution < -0.4 is 0 Å². The third-order valence-corrected chi connectivity index (χ3v) is 8.84. The lowest BCUT2D eigenvalue weighted by Crippen LogP contribution is -2.62. The van der Waals surface area contributed by atoms with E-state index < -0.39 is 40.9 Å². The maximum absolute atomic E-state index is 12.9. The van der Waals surface area contributed by atoms with E-state index in [0.29, 0.717) is 19.3 Å². The summed E-state index contributed by atoms with van der Waals surface area (Å²) >= 11 is 0. The molecule has 30 heavy (non-hydrogen) atoms. The molecule has 164 valence electrons. The summed E-state index contributed by atoms with van der Waals surface area (Å²) in [6.45, 7) is 6.94. The summed E-state index contributed by atoms with van der Waals surface area (Å²) in [4.78, 5) is 36.1. The molecule has 2 N–H and O–H groups in total. The Labute approximate surface area is 177 Å². The fourth-order valence-electron chi connectivity index (χ4n) is 7.50. The molecule has 0 aromatic heterocycles. The van der Waals surface area contributed by atoms with Crippen LogP contribution in [0.2, 0.25) is 0 Å². The Kier molecular flexibility index (Phi) is 4.90. The molecule has 3 fully saturated rings. The second kappa shape index (κ2) is 6.86. The molecule has 1 unspecified atom stereocenters. The number of rotatable bonds is 3. The molecule has 4 rings (SSSR count). The first-order valence-electron chi connectivity index (χ1n) is 11.0. The van der Waals surface area contributed by atoms with Gasteiger partial charge >= 0.3 is 5.97 Å². The second-order valence-electron chi connectivity index (χ2n) is 10.3. The van der Waals surface area contributed by atoms with E-state index in [2.05, 4.69) is 13.8 Å². The Hall–Kier alpha value is -1.79. The number of ketones is 2. The first kappa shape index (κ1) is 21.4. The average molecular weight is 417 g/mol. The zero-order valence-corrected chi connectivity index (χ0v) is 18.2. The first-order valence-corrected chi connectivity index (χ1v) is 11.0. The number of esters is 1. The average Bonchev–Trinajstić information content (AvgIpc) is 2.93. The Bertz CT molecular complexity index is 858. The summed E-state index contributed by atoms with van der Waals surface area (Å²) < 4.78 is 4.89. The van der Waals surface area contributed by atoms with Crippen LogP contribution in [0.1, 0.15) is 53.4 Å². The molecular formula is C24H32O6. The van der Waals surface area contributed by atoms with Gasteiger partial charge in [-0.15, -0.1) is 0 Å². The third kappa shape index (κ3) is 2.79. The largest absolute Gasteiger partial charge is 0.458 e. The van der Waals surface area contributed by atoms with Crippen molar-refractivity contribution in [1.29, 1.82) is 0 Å². The highest BCUT2D eigenvalue weighted by atomic mass is 16.5. The van der Waals surface area contributed by atoms with Crippen molar-refractivity contribution in [3.8, 4) is 0 Å². The number of hydrogen-bond acceptors (Lipinski definition) is 6. The summed E-state index contributed by atoms with van der Waals surface area (Å²) in [5.41, 5.74) is -1.72. The predicted molar refractivity (Wildman–Crippen MR) is 109 cm³/mol. The van der Waals surface area contributed by atoms with E-state index in [-0.39, 0.29) is 29.5 Å². The first-order chi connectivity index (χ1) is 13.9. The van der Waals surface area contributed by atoms with Crippen molar-refractivity contribution in [1.82, 2.24) is 0 Å². The van der Waals surface area contributed by atoms with E-state index in [9.17, 15) is 24.6 Å². The van der Waals surface area contributed by atoms with E-state index in [4.69, 9.17) is 4.74 Å². The lowest BCUT2D eigenvalue weighted by molar-refractivity contribution is -0.182. The van der Waals surface area contributed by atoms with Gasteiger partial charge in [0, 0.05) is 23.7 Å². The number of aliphatic hydroxyl groups is 2. The van der Waals surface area contributed by atoms with Crippen LogP contribution in [0.25, 0.3) is 0 Å². The number of ether oxygens (including phenoxy) is 1. The molecule has 0 radical (unpaired) electrons. The Morgan fingerprint density at radius 1 is 1.30 bits per heavy atom. The van der Waals surface area contributed by atoms with Gasteiger partial charge in [0.25, 0.3) is 0 Å². The van der Waals surface area contributed by atoms with E-state index in [0.717, 1.165) is 12.0 Å². The summed E-state index contributed by atoms with van der Waals surface area (Å²) in [5.74, 6) is -0.712. The maximum atomic E-state index is 12.9. The number of aliphatic hydroxyl groups excluding tert-OH is 1. The van der Waals surface area contributed by atoms with Crippen LogP contribution in [0.15, 0.2) is 23.8 Å². The van der Waals surface area contributed by atoms with Gasteiger partial charge < -0.3 is 14.9 Å². The van der Waals surface area contributed by atoms with Gasteiger partial charge in [-0.1, -0.05) is 32.4 Å². The molecule has 0 aromatic carbocycles. The number of hydrogen-bond donors (Lipinski definition) is 2. The van der Waals surface area contributed by atoms with Gasteiger partial charge in [-0.2, -0.15) is 0 Å². The number of allylic oxidation sites excluding steroid dienone is 4. The number of fused-ring (bicyclic) bond motifs is 5. The van der Waals surface area contributed by atoms with Gasteiger partial charge in [-0.3, -0.25) is 14.4 Å². The van der Waals surface area contributed by atoms with Gasteiger partial charge in [-0.05, 0) is 55.6 Å². The van der Waals surface area contributed by atoms with E-state index >= 15 is 0 Å². The van der Waals surface area contributed by atoms with Crippen molar-refractivity contribution in [2.75, 3.05) is 6.61 Å². The monoisotopic (exact) mass is 416 g/mol. The number of carbonyl (C=O) groups excluding carboxylic acids is 3. The highest BCUT2D eigenvalue weighted by Gasteiger charge is 2.68. The van der Waals surface area contributed by atoms with Crippen molar-refractivity contribution in [3.05, 3.63) is 23.8 Å². The highest BCUT2D eigenvalue weighted by molar-refractivity contribution is 6.01. The van der Waals surface area contributed by atoms with Gasteiger partial charge in [0.1, 0.15) is 5.60 Å². The normalized spacial score (nSPS) is 47.1. The fourth-order valence-corrected chi connectivity index (χ4v) is 7.50. The second-order valence-corrected chi connectivity index (χ2v) is 10.3. The summed E-state index contributed by atoms with van der Waals surface area (Å²) in [7, 11) is 0. The van der Waals surface area contributed by atoms with Crippen LogP contribution in [-0.4, -0.2) is 46.1 Å². The zero-order chi connectivity index (χ0) is 22.1. The maximum Gasteiger partial charge on any atom is 0.303 e. The molecule has 6 heteroatoms. The molecule has 4 aliphatic carbocycles. The molecule has 3 saturated carbocycles. The van der Waals surface area contributed by atoms with E-state index in [1.807, 2.05) is 13.0 Å². The van der Waals surface area contributed by atoms with Crippen molar-refractivity contribution >= 4 is 17.5 Å². The van der Waals surface area contributed by atoms with E-state index in [1.54, 1.807) is 12.2 Å². The third-order valence-electron chi connectivity index (χ3n) is 8.84. The van der Waals surface area contributed by atoms with Crippen LogP contribution in [0.5, 0.6) is 0 Å². The Morgan fingerprint density at radius 2 is 2.00 bits per heavy atom. The van der Waals surface area contributed by atoms with Gasteiger partial charge in [-0.25, -0.2) is 0 Å². The van der Waals surface area contributed by atoms with Gasteiger partial charge in [0.2, 0.25) is 5.78 Å². The minimum atomic E-state index is -1.61. The molecule has 4 aliphatic rings. The lowest BCUT2D eigenvalue weighted by atomic mass is 9.45. The molecular weight excluding hydrogens is 384 g/mol. The Balaban J connectivity index is 1.70. The minimum absolute atomic E-state index is 0.00535. The van der Waals surface area contributed by atoms with Crippen LogP contribution >= 0.6 is 0 Å². The van der Waals surface area contributed by atoms with Crippen molar-refractivity contribution in [2.24, 2.45) is 34.5 Å². The molecule has 0 amide bonds. The van der Waals surface area contributed by atoms with Gasteiger partial charge in [0.15, 0.2) is 12.4 Å². The molecule has 0 heterocycles. The summed E-state index contributed by atoms with van der Waals surface area (Å²) in [6.07, 6.45) is 6.71. The van der Waals surface area contributed by atoms with Gasteiger partial charge in [0.05, 0.1) is 6.10 Å². The van der Waals surface area contributed by atoms with E-state index in [1.165, 1.54) is 6.92 Å². The number of carbonyl (C=O) groups is 3.